The first-order chi connectivity index (χ1) is 8.63. The van der Waals surface area contributed by atoms with Crippen molar-refractivity contribution in [1.29, 1.82) is 0 Å². The lowest BCUT2D eigenvalue weighted by molar-refractivity contribution is 0.653. The highest BCUT2D eigenvalue weighted by molar-refractivity contribution is 9.11. The fourth-order valence-corrected chi connectivity index (χ4v) is 3.30. The number of rotatable bonds is 4. The molecule has 0 fully saturated rings. The van der Waals surface area contributed by atoms with E-state index in [4.69, 9.17) is 0 Å². The Morgan fingerprint density at radius 1 is 1.22 bits per heavy atom. The van der Waals surface area contributed by atoms with Crippen molar-refractivity contribution in [2.75, 3.05) is 7.05 Å². The molecule has 0 amide bonds. The van der Waals surface area contributed by atoms with Gasteiger partial charge < -0.3 is 5.32 Å². The first-order valence-electron chi connectivity index (χ1n) is 5.79. The third-order valence-corrected chi connectivity index (χ3v) is 3.73. The van der Waals surface area contributed by atoms with Crippen molar-refractivity contribution in [3.05, 3.63) is 50.7 Å². The Kier molecular flexibility index (Phi) is 4.59. The SMILES string of the molecule is CCn1cc(C(NC)c2cc(Br)cc(Br)c2)cn1. The Morgan fingerprint density at radius 2 is 1.89 bits per heavy atom. The summed E-state index contributed by atoms with van der Waals surface area (Å²) in [7, 11) is 1.96. The quantitative estimate of drug-likeness (QED) is 0.885. The van der Waals surface area contributed by atoms with E-state index in [0.717, 1.165) is 15.5 Å². The number of hydrogen-bond donors (Lipinski definition) is 1. The van der Waals surface area contributed by atoms with E-state index < -0.39 is 0 Å². The van der Waals surface area contributed by atoms with Crippen LogP contribution in [0.5, 0.6) is 0 Å². The molecule has 18 heavy (non-hydrogen) atoms. The second kappa shape index (κ2) is 5.99. The molecule has 0 bridgehead atoms. The standard InChI is InChI=1S/C13H15Br2N3/c1-3-18-8-10(7-17-18)13(16-2)9-4-11(14)6-12(15)5-9/h4-8,13,16H,3H2,1-2H3. The zero-order chi connectivity index (χ0) is 13.1. The van der Waals surface area contributed by atoms with Gasteiger partial charge in [-0.15, -0.1) is 0 Å². The summed E-state index contributed by atoms with van der Waals surface area (Å²) < 4.78 is 4.07. The third kappa shape index (κ3) is 3.02. The zero-order valence-electron chi connectivity index (χ0n) is 10.3. The average molecular weight is 373 g/mol. The number of halogens is 2. The molecular weight excluding hydrogens is 358 g/mol. The van der Waals surface area contributed by atoms with Gasteiger partial charge in [0.1, 0.15) is 0 Å². The number of aryl methyl sites for hydroxylation is 1. The maximum absolute atomic E-state index is 4.33. The van der Waals surface area contributed by atoms with Crippen molar-refractivity contribution in [3.63, 3.8) is 0 Å². The van der Waals surface area contributed by atoms with Crippen molar-refractivity contribution in [2.45, 2.75) is 19.5 Å². The van der Waals surface area contributed by atoms with Gasteiger partial charge in [-0.2, -0.15) is 5.10 Å². The van der Waals surface area contributed by atoms with Crippen LogP contribution in [0.3, 0.4) is 0 Å². The topological polar surface area (TPSA) is 29.9 Å². The number of nitrogens with zero attached hydrogens (tertiary/aromatic N) is 2. The molecule has 0 aliphatic heterocycles. The number of hydrogen-bond acceptors (Lipinski definition) is 2. The van der Waals surface area contributed by atoms with Gasteiger partial charge in [-0.1, -0.05) is 31.9 Å². The molecule has 0 aliphatic carbocycles. The molecule has 1 aromatic heterocycles. The molecule has 0 saturated heterocycles. The number of nitrogens with one attached hydrogen (secondary N) is 1. The van der Waals surface area contributed by atoms with Crippen LogP contribution >= 0.6 is 31.9 Å². The normalized spacial score (nSPS) is 12.7. The van der Waals surface area contributed by atoms with Crippen LogP contribution in [-0.4, -0.2) is 16.8 Å². The van der Waals surface area contributed by atoms with E-state index >= 15 is 0 Å². The van der Waals surface area contributed by atoms with E-state index in [2.05, 4.69) is 67.5 Å². The maximum atomic E-state index is 4.33. The minimum atomic E-state index is 0.152. The molecule has 1 heterocycles. The summed E-state index contributed by atoms with van der Waals surface area (Å²) in [5.41, 5.74) is 2.37. The second-order valence-electron chi connectivity index (χ2n) is 4.05. The van der Waals surface area contributed by atoms with Gasteiger partial charge in [0.25, 0.3) is 0 Å². The third-order valence-electron chi connectivity index (χ3n) is 2.82. The second-order valence-corrected chi connectivity index (χ2v) is 5.89. The zero-order valence-corrected chi connectivity index (χ0v) is 13.5. The molecule has 1 N–H and O–H groups in total. The lowest BCUT2D eigenvalue weighted by Crippen LogP contribution is -2.17. The summed E-state index contributed by atoms with van der Waals surface area (Å²) >= 11 is 7.05. The molecule has 1 aromatic carbocycles. The van der Waals surface area contributed by atoms with E-state index in [9.17, 15) is 0 Å². The molecule has 0 radical (unpaired) electrons. The fourth-order valence-electron chi connectivity index (χ4n) is 1.97. The predicted molar refractivity (Wildman–Crippen MR) is 80.6 cm³/mol. The van der Waals surface area contributed by atoms with Crippen molar-refractivity contribution in [3.8, 4) is 0 Å². The Hall–Kier alpha value is -0.650. The molecule has 2 rings (SSSR count). The van der Waals surface area contributed by atoms with Crippen molar-refractivity contribution in [2.24, 2.45) is 0 Å². The minimum Gasteiger partial charge on any atom is -0.309 e. The molecule has 1 atom stereocenters. The van der Waals surface area contributed by atoms with Crippen molar-refractivity contribution < 1.29 is 0 Å². The van der Waals surface area contributed by atoms with Crippen LogP contribution in [0.1, 0.15) is 24.1 Å². The molecule has 5 heteroatoms. The fraction of sp³-hybridized carbons (Fsp3) is 0.308. The molecule has 3 nitrogen and oxygen atoms in total. The van der Waals surface area contributed by atoms with E-state index in [1.807, 2.05) is 24.0 Å². The van der Waals surface area contributed by atoms with E-state index in [1.165, 1.54) is 11.1 Å². The van der Waals surface area contributed by atoms with Gasteiger partial charge in [0.15, 0.2) is 0 Å². The Bertz CT molecular complexity index is 517. The Balaban J connectivity index is 2.38. The van der Waals surface area contributed by atoms with Crippen molar-refractivity contribution in [1.82, 2.24) is 15.1 Å². The maximum Gasteiger partial charge on any atom is 0.0606 e. The van der Waals surface area contributed by atoms with Gasteiger partial charge in [-0.05, 0) is 37.7 Å². The lowest BCUT2D eigenvalue weighted by Gasteiger charge is -2.15. The van der Waals surface area contributed by atoms with Gasteiger partial charge in [0.05, 0.1) is 12.2 Å². The Labute approximate surface area is 124 Å². The van der Waals surface area contributed by atoms with Gasteiger partial charge in [0, 0.05) is 27.3 Å². The van der Waals surface area contributed by atoms with Gasteiger partial charge >= 0.3 is 0 Å². The van der Waals surface area contributed by atoms with Crippen LogP contribution in [0.25, 0.3) is 0 Å². The number of aromatic nitrogens is 2. The molecule has 0 spiro atoms. The molecule has 0 saturated carbocycles. The van der Waals surface area contributed by atoms with E-state index in [0.29, 0.717) is 0 Å². The molecular formula is C13H15Br2N3. The molecule has 96 valence electrons. The summed E-state index contributed by atoms with van der Waals surface area (Å²) in [6, 6.07) is 6.43. The highest BCUT2D eigenvalue weighted by Crippen LogP contribution is 2.27. The monoisotopic (exact) mass is 371 g/mol. The summed E-state index contributed by atoms with van der Waals surface area (Å²) in [6.07, 6.45) is 4.00. The smallest absolute Gasteiger partial charge is 0.0606 e. The first kappa shape index (κ1) is 13.8. The van der Waals surface area contributed by atoms with Crippen LogP contribution in [0.15, 0.2) is 39.5 Å². The van der Waals surface area contributed by atoms with Crippen LogP contribution in [0.4, 0.5) is 0 Å². The van der Waals surface area contributed by atoms with Crippen LogP contribution < -0.4 is 5.32 Å². The summed E-state index contributed by atoms with van der Waals surface area (Å²) in [5, 5.41) is 7.66. The molecule has 0 aliphatic rings. The van der Waals surface area contributed by atoms with Crippen LogP contribution in [-0.2, 0) is 6.54 Å². The Morgan fingerprint density at radius 3 is 2.39 bits per heavy atom. The van der Waals surface area contributed by atoms with Crippen LogP contribution in [0.2, 0.25) is 0 Å². The summed E-state index contributed by atoms with van der Waals surface area (Å²) in [4.78, 5) is 0. The largest absolute Gasteiger partial charge is 0.309 e. The van der Waals surface area contributed by atoms with Gasteiger partial charge in [0.2, 0.25) is 0 Å². The highest BCUT2D eigenvalue weighted by atomic mass is 79.9. The average Bonchev–Trinajstić information content (AvgIpc) is 2.77. The lowest BCUT2D eigenvalue weighted by atomic mass is 10.0. The highest BCUT2D eigenvalue weighted by Gasteiger charge is 2.14. The summed E-state index contributed by atoms with van der Waals surface area (Å²) in [6.45, 7) is 2.97. The first-order valence-corrected chi connectivity index (χ1v) is 7.38. The van der Waals surface area contributed by atoms with Gasteiger partial charge in [-0.25, -0.2) is 0 Å². The van der Waals surface area contributed by atoms with Crippen LogP contribution in [0, 0.1) is 0 Å². The van der Waals surface area contributed by atoms with E-state index in [-0.39, 0.29) is 6.04 Å². The van der Waals surface area contributed by atoms with Gasteiger partial charge in [-0.3, -0.25) is 4.68 Å². The van der Waals surface area contributed by atoms with Crippen molar-refractivity contribution >= 4 is 31.9 Å². The van der Waals surface area contributed by atoms with E-state index in [1.54, 1.807) is 0 Å². The molecule has 1 unspecified atom stereocenters. The minimum absolute atomic E-state index is 0.152. The number of benzene rings is 1. The molecule has 2 aromatic rings. The summed E-state index contributed by atoms with van der Waals surface area (Å²) in [5.74, 6) is 0. The predicted octanol–water partition coefficient (Wildman–Crippen LogP) is 3.74.